The van der Waals surface area contributed by atoms with Gasteiger partial charge in [-0.3, -0.25) is 9.59 Å². The van der Waals surface area contributed by atoms with Gasteiger partial charge in [0.05, 0.1) is 5.41 Å². The highest BCUT2D eigenvalue weighted by Gasteiger charge is 2.45. The number of hydrogen-bond acceptors (Lipinski definition) is 3. The Bertz CT molecular complexity index is 846. The predicted octanol–water partition coefficient (Wildman–Crippen LogP) is 5.13. The number of amides is 1. The van der Waals surface area contributed by atoms with E-state index in [2.05, 4.69) is 5.32 Å². The summed E-state index contributed by atoms with van der Waals surface area (Å²) in [7, 11) is 0. The molecule has 0 atom stereocenters. The van der Waals surface area contributed by atoms with Crippen molar-refractivity contribution >= 4 is 40.8 Å². The molecule has 1 aliphatic carbocycles. The Balaban J connectivity index is 1.68. The molecule has 0 radical (unpaired) electrons. The summed E-state index contributed by atoms with van der Waals surface area (Å²) in [6, 6.07) is 10.8. The van der Waals surface area contributed by atoms with Crippen LogP contribution in [0, 0.1) is 5.82 Å². The van der Waals surface area contributed by atoms with Gasteiger partial charge in [-0.25, -0.2) is 4.39 Å². The summed E-state index contributed by atoms with van der Waals surface area (Å²) >= 11 is 11.8. The number of hydrogen-bond donors (Lipinski definition) is 1. The smallest absolute Gasteiger partial charge is 0.317 e. The molecule has 7 heteroatoms. The molecule has 27 heavy (non-hydrogen) atoms. The number of carbonyl (C=O) groups is 2. The second kappa shape index (κ2) is 8.28. The molecule has 4 nitrogen and oxygen atoms in total. The second-order valence-electron chi connectivity index (χ2n) is 6.55. The molecule has 0 heterocycles. The maximum atomic E-state index is 14.3. The average molecular weight is 410 g/mol. The molecule has 142 valence electrons. The van der Waals surface area contributed by atoms with E-state index in [9.17, 15) is 14.0 Å². The fourth-order valence-corrected chi connectivity index (χ4v) is 4.03. The summed E-state index contributed by atoms with van der Waals surface area (Å²) in [6.45, 7) is -0.473. The van der Waals surface area contributed by atoms with Crippen molar-refractivity contribution in [1.82, 2.24) is 0 Å². The van der Waals surface area contributed by atoms with Crippen molar-refractivity contribution in [2.75, 3.05) is 11.9 Å². The number of benzene rings is 2. The highest BCUT2D eigenvalue weighted by Crippen LogP contribution is 2.43. The maximum Gasteiger partial charge on any atom is 0.317 e. The first-order chi connectivity index (χ1) is 12.9. The van der Waals surface area contributed by atoms with Gasteiger partial charge in [0.1, 0.15) is 5.82 Å². The molecule has 1 amide bonds. The molecule has 0 aromatic heterocycles. The molecule has 0 saturated heterocycles. The Morgan fingerprint density at radius 2 is 1.70 bits per heavy atom. The van der Waals surface area contributed by atoms with Crippen LogP contribution in [-0.2, 0) is 19.7 Å². The lowest BCUT2D eigenvalue weighted by Crippen LogP contribution is -2.37. The van der Waals surface area contributed by atoms with Gasteiger partial charge < -0.3 is 10.1 Å². The fourth-order valence-electron chi connectivity index (χ4n) is 3.50. The van der Waals surface area contributed by atoms with Crippen molar-refractivity contribution in [2.45, 2.75) is 31.1 Å². The van der Waals surface area contributed by atoms with Crippen molar-refractivity contribution in [3.63, 3.8) is 0 Å². The zero-order chi connectivity index (χ0) is 19.4. The van der Waals surface area contributed by atoms with Crippen molar-refractivity contribution in [1.29, 1.82) is 0 Å². The Kier molecular flexibility index (Phi) is 6.02. The summed E-state index contributed by atoms with van der Waals surface area (Å²) < 4.78 is 19.5. The summed E-state index contributed by atoms with van der Waals surface area (Å²) in [4.78, 5) is 24.9. The first-order valence-electron chi connectivity index (χ1n) is 8.59. The topological polar surface area (TPSA) is 55.4 Å². The van der Waals surface area contributed by atoms with Crippen LogP contribution in [0.1, 0.15) is 31.2 Å². The Hall–Kier alpha value is -2.11. The third-order valence-corrected chi connectivity index (χ3v) is 5.15. The fraction of sp³-hybridized carbons (Fsp3) is 0.300. The van der Waals surface area contributed by atoms with E-state index in [1.54, 1.807) is 18.2 Å². The van der Waals surface area contributed by atoms with E-state index in [-0.39, 0.29) is 0 Å². The van der Waals surface area contributed by atoms with Crippen LogP contribution < -0.4 is 5.32 Å². The van der Waals surface area contributed by atoms with Crippen LogP contribution in [0.4, 0.5) is 10.1 Å². The normalized spacial score (nSPS) is 15.4. The molecular formula is C20H18Cl2FNO3. The summed E-state index contributed by atoms with van der Waals surface area (Å²) in [5, 5.41) is 3.32. The molecular weight excluding hydrogens is 392 g/mol. The van der Waals surface area contributed by atoms with Gasteiger partial charge in [0, 0.05) is 21.3 Å². The van der Waals surface area contributed by atoms with Gasteiger partial charge >= 0.3 is 5.97 Å². The molecule has 0 bridgehead atoms. The zero-order valence-electron chi connectivity index (χ0n) is 14.4. The Labute approximate surface area is 166 Å². The number of halogens is 3. The largest absolute Gasteiger partial charge is 0.455 e. The van der Waals surface area contributed by atoms with Crippen LogP contribution in [0.3, 0.4) is 0 Å². The molecule has 1 fully saturated rings. The molecule has 0 spiro atoms. The van der Waals surface area contributed by atoms with Crippen LogP contribution in [0.5, 0.6) is 0 Å². The molecule has 1 saturated carbocycles. The molecule has 0 aliphatic heterocycles. The van der Waals surface area contributed by atoms with E-state index in [0.717, 1.165) is 12.8 Å². The number of nitrogens with one attached hydrogen (secondary N) is 1. The van der Waals surface area contributed by atoms with Crippen LogP contribution in [-0.4, -0.2) is 18.5 Å². The minimum atomic E-state index is -1.04. The average Bonchev–Trinajstić information content (AvgIpc) is 3.10. The third-order valence-electron chi connectivity index (χ3n) is 4.72. The summed E-state index contributed by atoms with van der Waals surface area (Å²) in [5.74, 6) is -1.54. The third kappa shape index (κ3) is 4.42. The lowest BCUT2D eigenvalue weighted by Gasteiger charge is -2.27. The molecule has 1 aliphatic rings. The number of carbonyl (C=O) groups excluding carboxylic acids is 2. The van der Waals surface area contributed by atoms with E-state index in [1.165, 1.54) is 24.3 Å². The SMILES string of the molecule is O=C(COC(=O)C1(c2ccccc2F)CCCC1)Nc1cc(Cl)cc(Cl)c1. The highest BCUT2D eigenvalue weighted by molar-refractivity contribution is 6.35. The van der Waals surface area contributed by atoms with Crippen LogP contribution in [0.2, 0.25) is 10.0 Å². The van der Waals surface area contributed by atoms with E-state index < -0.39 is 29.7 Å². The Morgan fingerprint density at radius 3 is 2.33 bits per heavy atom. The Morgan fingerprint density at radius 1 is 1.07 bits per heavy atom. The van der Waals surface area contributed by atoms with Crippen LogP contribution in [0.25, 0.3) is 0 Å². The number of esters is 1. The highest BCUT2D eigenvalue weighted by atomic mass is 35.5. The van der Waals surface area contributed by atoms with Crippen molar-refractivity contribution in [3.8, 4) is 0 Å². The monoisotopic (exact) mass is 409 g/mol. The number of rotatable bonds is 5. The lowest BCUT2D eigenvalue weighted by molar-refractivity contribution is -0.153. The maximum absolute atomic E-state index is 14.3. The van der Waals surface area contributed by atoms with Gasteiger partial charge in [-0.2, -0.15) is 0 Å². The molecule has 2 aromatic rings. The van der Waals surface area contributed by atoms with E-state index in [0.29, 0.717) is 34.1 Å². The second-order valence-corrected chi connectivity index (χ2v) is 7.42. The standard InChI is InChI=1S/C20H18Cl2FNO3/c21-13-9-14(22)11-15(10-13)24-18(25)12-27-19(26)20(7-3-4-8-20)16-5-1-2-6-17(16)23/h1-2,5-6,9-11H,3-4,7-8,12H2,(H,24,25). The zero-order valence-corrected chi connectivity index (χ0v) is 15.9. The van der Waals surface area contributed by atoms with E-state index in [4.69, 9.17) is 27.9 Å². The van der Waals surface area contributed by atoms with E-state index >= 15 is 0 Å². The van der Waals surface area contributed by atoms with Gasteiger partial charge in [-0.1, -0.05) is 54.2 Å². The molecule has 2 aromatic carbocycles. The van der Waals surface area contributed by atoms with Gasteiger partial charge in [0.25, 0.3) is 5.91 Å². The van der Waals surface area contributed by atoms with Gasteiger partial charge in [-0.05, 0) is 37.1 Å². The number of ether oxygens (including phenoxy) is 1. The molecule has 0 unspecified atom stereocenters. The molecule has 1 N–H and O–H groups in total. The summed E-state index contributed by atoms with van der Waals surface area (Å²) in [5.41, 5.74) is -0.307. The van der Waals surface area contributed by atoms with Gasteiger partial charge in [0.2, 0.25) is 0 Å². The minimum Gasteiger partial charge on any atom is -0.455 e. The van der Waals surface area contributed by atoms with E-state index in [1.807, 2.05) is 0 Å². The quantitative estimate of drug-likeness (QED) is 0.696. The van der Waals surface area contributed by atoms with Crippen molar-refractivity contribution in [3.05, 3.63) is 63.9 Å². The van der Waals surface area contributed by atoms with Gasteiger partial charge in [-0.15, -0.1) is 0 Å². The van der Waals surface area contributed by atoms with Crippen LogP contribution in [0.15, 0.2) is 42.5 Å². The van der Waals surface area contributed by atoms with Crippen LogP contribution >= 0.6 is 23.2 Å². The first-order valence-corrected chi connectivity index (χ1v) is 9.34. The van der Waals surface area contributed by atoms with Gasteiger partial charge in [0.15, 0.2) is 6.61 Å². The van der Waals surface area contributed by atoms with Crippen molar-refractivity contribution in [2.24, 2.45) is 0 Å². The molecule has 3 rings (SSSR count). The number of anilines is 1. The van der Waals surface area contributed by atoms with Crippen molar-refractivity contribution < 1.29 is 18.7 Å². The lowest BCUT2D eigenvalue weighted by atomic mass is 9.78. The summed E-state index contributed by atoms with van der Waals surface area (Å²) in [6.07, 6.45) is 2.60. The minimum absolute atomic E-state index is 0.328. The first kappa shape index (κ1) is 19.6. The predicted molar refractivity (Wildman–Crippen MR) is 103 cm³/mol.